The second kappa shape index (κ2) is 5.31. The van der Waals surface area contributed by atoms with Crippen LogP contribution in [0.1, 0.15) is 19.4 Å². The molecule has 0 bridgehead atoms. The van der Waals surface area contributed by atoms with Crippen LogP contribution in [0.2, 0.25) is 0 Å². The van der Waals surface area contributed by atoms with E-state index in [0.29, 0.717) is 18.0 Å². The molecule has 0 spiro atoms. The molecule has 4 heteroatoms. The zero-order chi connectivity index (χ0) is 14.0. The van der Waals surface area contributed by atoms with Gasteiger partial charge in [0.05, 0.1) is 4.90 Å². The highest BCUT2D eigenvalue weighted by Gasteiger charge is 2.31. The van der Waals surface area contributed by atoms with E-state index in [1.54, 1.807) is 12.1 Å². The summed E-state index contributed by atoms with van der Waals surface area (Å²) in [7, 11) is -3.39. The van der Waals surface area contributed by atoms with Crippen LogP contribution in [0, 0.1) is 6.92 Å². The van der Waals surface area contributed by atoms with Gasteiger partial charge in [-0.1, -0.05) is 29.8 Å². The largest absolute Gasteiger partial charge is 0.243 e. The van der Waals surface area contributed by atoms with Crippen LogP contribution in [0.25, 0.3) is 0 Å². The maximum atomic E-state index is 12.5. The third-order valence-electron chi connectivity index (χ3n) is 3.46. The lowest BCUT2D eigenvalue weighted by atomic mass is 10.1. The topological polar surface area (TPSA) is 37.4 Å². The van der Waals surface area contributed by atoms with Crippen molar-refractivity contribution in [2.75, 3.05) is 13.1 Å². The SMILES string of the molecule is C/C=C1/CN(S(=O)(=O)c2ccc(C)cc2)C/C1=C/C. The first kappa shape index (κ1) is 14.0. The number of hydrogen-bond acceptors (Lipinski definition) is 2. The molecule has 0 atom stereocenters. The van der Waals surface area contributed by atoms with Gasteiger partial charge in [0.1, 0.15) is 0 Å². The van der Waals surface area contributed by atoms with Crippen LogP contribution in [0.3, 0.4) is 0 Å². The summed E-state index contributed by atoms with van der Waals surface area (Å²) in [5.41, 5.74) is 3.25. The Labute approximate surface area is 115 Å². The third-order valence-corrected chi connectivity index (χ3v) is 5.27. The van der Waals surface area contributed by atoms with Crippen molar-refractivity contribution in [3.63, 3.8) is 0 Å². The van der Waals surface area contributed by atoms with Crippen molar-refractivity contribution in [2.45, 2.75) is 25.7 Å². The van der Waals surface area contributed by atoms with E-state index in [0.717, 1.165) is 16.7 Å². The number of aryl methyl sites for hydroxylation is 1. The van der Waals surface area contributed by atoms with Gasteiger partial charge in [0, 0.05) is 13.1 Å². The summed E-state index contributed by atoms with van der Waals surface area (Å²) in [4.78, 5) is 0.367. The quantitative estimate of drug-likeness (QED) is 0.833. The first-order valence-corrected chi connectivity index (χ1v) is 7.80. The van der Waals surface area contributed by atoms with Gasteiger partial charge in [-0.25, -0.2) is 8.42 Å². The summed E-state index contributed by atoms with van der Waals surface area (Å²) in [5.74, 6) is 0. The van der Waals surface area contributed by atoms with Gasteiger partial charge < -0.3 is 0 Å². The van der Waals surface area contributed by atoms with Crippen LogP contribution in [-0.2, 0) is 10.0 Å². The molecular formula is C15H19NO2S. The molecule has 0 saturated carbocycles. The molecule has 102 valence electrons. The van der Waals surface area contributed by atoms with Crippen LogP contribution in [-0.4, -0.2) is 25.8 Å². The van der Waals surface area contributed by atoms with Crippen molar-refractivity contribution < 1.29 is 8.42 Å². The molecule has 1 heterocycles. The monoisotopic (exact) mass is 277 g/mol. The van der Waals surface area contributed by atoms with E-state index in [1.165, 1.54) is 4.31 Å². The summed E-state index contributed by atoms with van der Waals surface area (Å²) in [5, 5.41) is 0. The molecule has 0 aliphatic carbocycles. The lowest BCUT2D eigenvalue weighted by Gasteiger charge is -2.15. The van der Waals surface area contributed by atoms with E-state index in [2.05, 4.69) is 0 Å². The molecule has 19 heavy (non-hydrogen) atoms. The average molecular weight is 277 g/mol. The first-order valence-electron chi connectivity index (χ1n) is 6.36. The molecule has 1 aromatic carbocycles. The predicted molar refractivity (Wildman–Crippen MR) is 77.5 cm³/mol. The Morgan fingerprint density at radius 3 is 1.89 bits per heavy atom. The van der Waals surface area contributed by atoms with Crippen LogP contribution in [0.5, 0.6) is 0 Å². The molecule has 0 aromatic heterocycles. The van der Waals surface area contributed by atoms with E-state index >= 15 is 0 Å². The van der Waals surface area contributed by atoms with E-state index in [9.17, 15) is 8.42 Å². The minimum absolute atomic E-state index is 0.367. The standard InChI is InChI=1S/C15H19NO2S/c1-4-13-10-16(11-14(13)5-2)19(17,18)15-8-6-12(3)7-9-15/h4-9H,10-11H2,1-3H3/b13-4-,14-5-. The Hall–Kier alpha value is -1.39. The number of nitrogens with zero attached hydrogens (tertiary/aromatic N) is 1. The molecule has 1 aliphatic rings. The Balaban J connectivity index is 2.35. The van der Waals surface area contributed by atoms with E-state index in [1.807, 2.05) is 45.1 Å². The van der Waals surface area contributed by atoms with E-state index in [-0.39, 0.29) is 0 Å². The Kier molecular flexibility index (Phi) is 3.92. The van der Waals surface area contributed by atoms with Gasteiger partial charge in [-0.2, -0.15) is 4.31 Å². The van der Waals surface area contributed by atoms with Crippen molar-refractivity contribution in [2.24, 2.45) is 0 Å². The first-order chi connectivity index (χ1) is 8.98. The summed E-state index contributed by atoms with van der Waals surface area (Å²) >= 11 is 0. The van der Waals surface area contributed by atoms with Crippen LogP contribution in [0.4, 0.5) is 0 Å². The van der Waals surface area contributed by atoms with Crippen molar-refractivity contribution in [3.05, 3.63) is 53.1 Å². The highest BCUT2D eigenvalue weighted by atomic mass is 32.2. The van der Waals surface area contributed by atoms with Gasteiger partial charge >= 0.3 is 0 Å². The molecule has 2 rings (SSSR count). The number of allylic oxidation sites excluding steroid dienone is 2. The second-order valence-electron chi connectivity index (χ2n) is 4.71. The molecule has 1 saturated heterocycles. The van der Waals surface area contributed by atoms with Crippen LogP contribution in [0.15, 0.2) is 52.5 Å². The average Bonchev–Trinajstić information content (AvgIpc) is 2.83. The molecule has 3 nitrogen and oxygen atoms in total. The number of benzene rings is 1. The Bertz CT molecular complexity index is 605. The third kappa shape index (κ3) is 2.65. The molecule has 1 aliphatic heterocycles. The maximum absolute atomic E-state index is 12.5. The molecule has 0 radical (unpaired) electrons. The van der Waals surface area contributed by atoms with Crippen molar-refractivity contribution in [3.8, 4) is 0 Å². The zero-order valence-corrected chi connectivity index (χ0v) is 12.4. The van der Waals surface area contributed by atoms with Gasteiger partial charge in [0.2, 0.25) is 10.0 Å². The van der Waals surface area contributed by atoms with Gasteiger partial charge in [0.25, 0.3) is 0 Å². The van der Waals surface area contributed by atoms with Crippen LogP contribution >= 0.6 is 0 Å². The highest BCUT2D eigenvalue weighted by molar-refractivity contribution is 7.89. The van der Waals surface area contributed by atoms with Gasteiger partial charge in [-0.05, 0) is 44.1 Å². The lowest BCUT2D eigenvalue weighted by molar-refractivity contribution is 0.489. The van der Waals surface area contributed by atoms with E-state index < -0.39 is 10.0 Å². The fourth-order valence-electron chi connectivity index (χ4n) is 2.22. The predicted octanol–water partition coefficient (Wildman–Crippen LogP) is 2.89. The summed E-state index contributed by atoms with van der Waals surface area (Å²) < 4.78 is 26.6. The number of sulfonamides is 1. The van der Waals surface area contributed by atoms with Crippen molar-refractivity contribution in [1.82, 2.24) is 4.31 Å². The minimum Gasteiger partial charge on any atom is -0.207 e. The summed E-state index contributed by atoms with van der Waals surface area (Å²) in [6.07, 6.45) is 3.97. The fraction of sp³-hybridized carbons (Fsp3) is 0.333. The molecule has 0 amide bonds. The second-order valence-corrected chi connectivity index (χ2v) is 6.65. The smallest absolute Gasteiger partial charge is 0.207 e. The fourth-order valence-corrected chi connectivity index (χ4v) is 3.62. The van der Waals surface area contributed by atoms with Crippen molar-refractivity contribution in [1.29, 1.82) is 0 Å². The normalized spacial score (nSPS) is 21.4. The summed E-state index contributed by atoms with van der Waals surface area (Å²) in [6, 6.07) is 7.01. The van der Waals surface area contributed by atoms with Crippen molar-refractivity contribution >= 4 is 10.0 Å². The van der Waals surface area contributed by atoms with Gasteiger partial charge in [-0.3, -0.25) is 0 Å². The highest BCUT2D eigenvalue weighted by Crippen LogP contribution is 2.27. The lowest BCUT2D eigenvalue weighted by Crippen LogP contribution is -2.28. The Morgan fingerprint density at radius 1 is 1.00 bits per heavy atom. The van der Waals surface area contributed by atoms with Gasteiger partial charge in [0.15, 0.2) is 0 Å². The van der Waals surface area contributed by atoms with E-state index in [4.69, 9.17) is 0 Å². The molecule has 0 N–H and O–H groups in total. The minimum atomic E-state index is -3.39. The molecule has 1 aromatic rings. The number of rotatable bonds is 2. The molecule has 1 fully saturated rings. The van der Waals surface area contributed by atoms with Gasteiger partial charge in [-0.15, -0.1) is 0 Å². The molecule has 0 unspecified atom stereocenters. The maximum Gasteiger partial charge on any atom is 0.243 e. The van der Waals surface area contributed by atoms with Crippen LogP contribution < -0.4 is 0 Å². The Morgan fingerprint density at radius 2 is 1.47 bits per heavy atom. The molecular weight excluding hydrogens is 258 g/mol. The summed E-state index contributed by atoms with van der Waals surface area (Å²) in [6.45, 7) is 6.77. The zero-order valence-electron chi connectivity index (χ0n) is 11.6. The number of hydrogen-bond donors (Lipinski definition) is 0.